The van der Waals surface area contributed by atoms with Gasteiger partial charge in [0.1, 0.15) is 5.76 Å². The predicted octanol–water partition coefficient (Wildman–Crippen LogP) is 2.65. The monoisotopic (exact) mass is 274 g/mol. The SMILES string of the molecule is COC(=O)c1ccc(C(C)N(C)Cc2ccccn2)o1. The molecule has 0 aromatic carbocycles. The second-order valence-corrected chi connectivity index (χ2v) is 4.61. The molecule has 1 unspecified atom stereocenters. The van der Waals surface area contributed by atoms with Crippen LogP contribution in [-0.4, -0.2) is 30.0 Å². The molecule has 0 fully saturated rings. The predicted molar refractivity (Wildman–Crippen MR) is 74.2 cm³/mol. The molecule has 0 aliphatic rings. The van der Waals surface area contributed by atoms with Crippen molar-refractivity contribution in [2.24, 2.45) is 0 Å². The molecule has 5 heteroatoms. The molecular weight excluding hydrogens is 256 g/mol. The second kappa shape index (κ2) is 6.34. The van der Waals surface area contributed by atoms with E-state index in [9.17, 15) is 4.79 Å². The molecule has 0 N–H and O–H groups in total. The lowest BCUT2D eigenvalue weighted by molar-refractivity contribution is 0.0559. The quantitative estimate of drug-likeness (QED) is 0.784. The molecule has 5 nitrogen and oxygen atoms in total. The fourth-order valence-corrected chi connectivity index (χ4v) is 1.89. The number of ether oxygens (including phenoxy) is 1. The molecular formula is C15H18N2O3. The molecule has 0 spiro atoms. The van der Waals surface area contributed by atoms with Crippen molar-refractivity contribution in [3.05, 3.63) is 53.7 Å². The van der Waals surface area contributed by atoms with Crippen molar-refractivity contribution >= 4 is 5.97 Å². The maximum atomic E-state index is 11.4. The summed E-state index contributed by atoms with van der Waals surface area (Å²) in [6.07, 6.45) is 1.77. The van der Waals surface area contributed by atoms with Gasteiger partial charge in [0.15, 0.2) is 0 Å². The van der Waals surface area contributed by atoms with Crippen LogP contribution < -0.4 is 0 Å². The van der Waals surface area contributed by atoms with Crippen LogP contribution in [0.2, 0.25) is 0 Å². The Balaban J connectivity index is 2.05. The Hall–Kier alpha value is -2.14. The fourth-order valence-electron chi connectivity index (χ4n) is 1.89. The lowest BCUT2D eigenvalue weighted by Crippen LogP contribution is -2.22. The van der Waals surface area contributed by atoms with Crippen LogP contribution >= 0.6 is 0 Å². The van der Waals surface area contributed by atoms with Crippen LogP contribution in [0, 0.1) is 0 Å². The van der Waals surface area contributed by atoms with Crippen LogP contribution in [0.3, 0.4) is 0 Å². The zero-order valence-electron chi connectivity index (χ0n) is 11.9. The van der Waals surface area contributed by atoms with Gasteiger partial charge in [-0.25, -0.2) is 4.79 Å². The smallest absolute Gasteiger partial charge is 0.373 e. The van der Waals surface area contributed by atoms with Crippen molar-refractivity contribution in [1.29, 1.82) is 0 Å². The van der Waals surface area contributed by atoms with Crippen LogP contribution in [0.25, 0.3) is 0 Å². The Bertz CT molecular complexity index is 566. The number of aromatic nitrogens is 1. The summed E-state index contributed by atoms with van der Waals surface area (Å²) in [5.74, 6) is 0.486. The average Bonchev–Trinajstić information content (AvgIpc) is 2.96. The topological polar surface area (TPSA) is 55.6 Å². The Morgan fingerprint density at radius 1 is 1.40 bits per heavy atom. The molecule has 106 valence electrons. The number of methoxy groups -OCH3 is 1. The van der Waals surface area contributed by atoms with E-state index in [2.05, 4.69) is 14.6 Å². The summed E-state index contributed by atoms with van der Waals surface area (Å²) in [5.41, 5.74) is 0.988. The van der Waals surface area contributed by atoms with Crippen LogP contribution in [0.15, 0.2) is 40.9 Å². The van der Waals surface area contributed by atoms with Gasteiger partial charge in [-0.1, -0.05) is 6.07 Å². The molecule has 2 heterocycles. The van der Waals surface area contributed by atoms with Crippen molar-refractivity contribution in [3.63, 3.8) is 0 Å². The maximum absolute atomic E-state index is 11.4. The molecule has 0 bridgehead atoms. The molecule has 2 aromatic heterocycles. The lowest BCUT2D eigenvalue weighted by atomic mass is 10.2. The molecule has 0 saturated carbocycles. The third-order valence-electron chi connectivity index (χ3n) is 3.22. The second-order valence-electron chi connectivity index (χ2n) is 4.61. The summed E-state index contributed by atoms with van der Waals surface area (Å²) in [4.78, 5) is 17.8. The summed E-state index contributed by atoms with van der Waals surface area (Å²) >= 11 is 0. The van der Waals surface area contributed by atoms with Crippen molar-refractivity contribution < 1.29 is 13.9 Å². The summed E-state index contributed by atoms with van der Waals surface area (Å²) < 4.78 is 10.1. The molecule has 2 rings (SSSR count). The maximum Gasteiger partial charge on any atom is 0.373 e. The zero-order chi connectivity index (χ0) is 14.5. The van der Waals surface area contributed by atoms with Crippen molar-refractivity contribution in [1.82, 2.24) is 9.88 Å². The number of esters is 1. The number of furan rings is 1. The van der Waals surface area contributed by atoms with Crippen molar-refractivity contribution in [2.45, 2.75) is 19.5 Å². The highest BCUT2D eigenvalue weighted by molar-refractivity contribution is 5.86. The van der Waals surface area contributed by atoms with Crippen LogP contribution in [0.4, 0.5) is 0 Å². The largest absolute Gasteiger partial charge is 0.463 e. The van der Waals surface area contributed by atoms with Gasteiger partial charge in [0, 0.05) is 12.7 Å². The van der Waals surface area contributed by atoms with E-state index in [1.54, 1.807) is 18.3 Å². The minimum Gasteiger partial charge on any atom is -0.463 e. The van der Waals surface area contributed by atoms with E-state index in [1.165, 1.54) is 7.11 Å². The molecule has 0 aliphatic heterocycles. The van der Waals surface area contributed by atoms with E-state index >= 15 is 0 Å². The minimum atomic E-state index is -0.462. The van der Waals surface area contributed by atoms with Gasteiger partial charge >= 0.3 is 5.97 Å². The van der Waals surface area contributed by atoms with Crippen LogP contribution in [0.5, 0.6) is 0 Å². The van der Waals surface area contributed by atoms with Gasteiger partial charge in [-0.15, -0.1) is 0 Å². The molecule has 0 aliphatic carbocycles. The first-order valence-corrected chi connectivity index (χ1v) is 6.40. The third-order valence-corrected chi connectivity index (χ3v) is 3.22. The highest BCUT2D eigenvalue weighted by atomic mass is 16.5. The number of hydrogen-bond donors (Lipinski definition) is 0. The van der Waals surface area contributed by atoms with Gasteiger partial charge in [-0.3, -0.25) is 9.88 Å². The summed E-state index contributed by atoms with van der Waals surface area (Å²) in [5, 5.41) is 0. The Morgan fingerprint density at radius 2 is 2.20 bits per heavy atom. The van der Waals surface area contributed by atoms with Crippen LogP contribution in [0.1, 0.15) is 35.0 Å². The van der Waals surface area contributed by atoms with Gasteiger partial charge < -0.3 is 9.15 Å². The van der Waals surface area contributed by atoms with Gasteiger partial charge in [0.25, 0.3) is 0 Å². The number of nitrogens with zero attached hydrogens (tertiary/aromatic N) is 2. The number of rotatable bonds is 5. The highest BCUT2D eigenvalue weighted by Crippen LogP contribution is 2.22. The lowest BCUT2D eigenvalue weighted by Gasteiger charge is -2.22. The minimum absolute atomic E-state index is 0.0374. The van der Waals surface area contributed by atoms with Gasteiger partial charge in [0.2, 0.25) is 5.76 Å². The van der Waals surface area contributed by atoms with Gasteiger partial charge in [-0.05, 0) is 38.2 Å². The molecule has 0 radical (unpaired) electrons. The summed E-state index contributed by atoms with van der Waals surface area (Å²) in [6.45, 7) is 2.72. The van der Waals surface area contributed by atoms with Crippen molar-refractivity contribution in [2.75, 3.05) is 14.2 Å². The fraction of sp³-hybridized carbons (Fsp3) is 0.333. The third kappa shape index (κ3) is 3.24. The Labute approximate surface area is 118 Å². The number of pyridine rings is 1. The number of carbonyl (C=O) groups excluding carboxylic acids is 1. The van der Waals surface area contributed by atoms with Gasteiger partial charge in [0.05, 0.1) is 18.8 Å². The average molecular weight is 274 g/mol. The van der Waals surface area contributed by atoms with E-state index in [1.807, 2.05) is 32.2 Å². The molecule has 0 amide bonds. The normalized spacial score (nSPS) is 12.4. The van der Waals surface area contributed by atoms with Gasteiger partial charge in [-0.2, -0.15) is 0 Å². The van der Waals surface area contributed by atoms with Crippen molar-refractivity contribution in [3.8, 4) is 0 Å². The highest BCUT2D eigenvalue weighted by Gasteiger charge is 2.18. The summed E-state index contributed by atoms with van der Waals surface area (Å²) in [7, 11) is 3.32. The molecule has 20 heavy (non-hydrogen) atoms. The van der Waals surface area contributed by atoms with E-state index in [0.29, 0.717) is 6.54 Å². The first-order valence-electron chi connectivity index (χ1n) is 6.40. The number of carbonyl (C=O) groups is 1. The van der Waals surface area contributed by atoms with E-state index < -0.39 is 5.97 Å². The first-order chi connectivity index (χ1) is 9.61. The molecule has 0 saturated heterocycles. The Kier molecular flexibility index (Phi) is 4.53. The Morgan fingerprint density at radius 3 is 2.85 bits per heavy atom. The molecule has 1 atom stereocenters. The van der Waals surface area contributed by atoms with E-state index in [-0.39, 0.29) is 11.8 Å². The number of hydrogen-bond acceptors (Lipinski definition) is 5. The van der Waals surface area contributed by atoms with Crippen LogP contribution in [-0.2, 0) is 11.3 Å². The summed E-state index contributed by atoms with van der Waals surface area (Å²) in [6, 6.07) is 9.30. The van der Waals surface area contributed by atoms with E-state index in [4.69, 9.17) is 4.42 Å². The zero-order valence-corrected chi connectivity index (χ0v) is 11.9. The van der Waals surface area contributed by atoms with E-state index in [0.717, 1.165) is 11.5 Å². The standard InChI is InChI=1S/C15H18N2O3/c1-11(13-7-8-14(20-13)15(18)19-3)17(2)10-12-6-4-5-9-16-12/h4-9,11H,10H2,1-3H3. The first kappa shape index (κ1) is 14.3. The molecule has 2 aromatic rings.